The molecule has 1 amide bonds. The number of nitrogens with one attached hydrogen (secondary N) is 1. The van der Waals surface area contributed by atoms with Crippen LogP contribution in [0.15, 0.2) is 22.9 Å². The average Bonchev–Trinajstić information content (AvgIpc) is 2.84. The molecule has 0 aromatic carbocycles. The Balaban J connectivity index is 1.86. The van der Waals surface area contributed by atoms with Crippen molar-refractivity contribution in [2.75, 3.05) is 6.54 Å². The van der Waals surface area contributed by atoms with Crippen LogP contribution in [0, 0.1) is 6.92 Å². The van der Waals surface area contributed by atoms with Gasteiger partial charge < -0.3 is 15.6 Å². The molecule has 0 aliphatic rings. The quantitative estimate of drug-likeness (QED) is 0.767. The van der Waals surface area contributed by atoms with Crippen molar-refractivity contribution in [3.8, 4) is 0 Å². The maximum absolute atomic E-state index is 11.8. The van der Waals surface area contributed by atoms with Gasteiger partial charge in [0.15, 0.2) is 5.82 Å². The number of nitrogens with two attached hydrogens (primary N) is 1. The van der Waals surface area contributed by atoms with E-state index >= 15 is 0 Å². The molecule has 0 fully saturated rings. The lowest BCUT2D eigenvalue weighted by Crippen LogP contribution is -2.27. The fourth-order valence-corrected chi connectivity index (χ4v) is 1.62. The second-order valence-electron chi connectivity index (χ2n) is 4.03. The van der Waals surface area contributed by atoms with E-state index in [0.717, 1.165) is 0 Å². The van der Waals surface area contributed by atoms with Crippen molar-refractivity contribution >= 4 is 23.1 Å². The molecule has 8 heteroatoms. The van der Waals surface area contributed by atoms with Crippen LogP contribution in [-0.4, -0.2) is 32.6 Å². The van der Waals surface area contributed by atoms with Gasteiger partial charge in [-0.05, 0) is 12.1 Å². The Bertz CT molecular complexity index is 623. The molecule has 0 spiro atoms. The number of hydrogen-bond donors (Lipinski definition) is 2. The van der Waals surface area contributed by atoms with Crippen LogP contribution in [0.1, 0.15) is 27.8 Å². The van der Waals surface area contributed by atoms with E-state index < -0.39 is 0 Å². The van der Waals surface area contributed by atoms with E-state index in [-0.39, 0.29) is 10.9 Å². The molecule has 0 aliphatic heterocycles. The number of amides is 1. The summed E-state index contributed by atoms with van der Waals surface area (Å²) in [6, 6.07) is 3.23. The summed E-state index contributed by atoms with van der Waals surface area (Å²) in [6.07, 6.45) is 1.97. The highest BCUT2D eigenvalue weighted by Gasteiger charge is 2.08. The lowest BCUT2D eigenvalue weighted by atomic mass is 10.2. The number of nitrogens with zero attached hydrogens (tertiary/aromatic N) is 3. The van der Waals surface area contributed by atoms with Crippen molar-refractivity contribution in [3.05, 3.63) is 41.3 Å². The Morgan fingerprint density at radius 1 is 1.50 bits per heavy atom. The zero-order valence-corrected chi connectivity index (χ0v) is 11.6. The Morgan fingerprint density at radius 2 is 2.30 bits per heavy atom. The minimum atomic E-state index is -0.278. The van der Waals surface area contributed by atoms with E-state index in [1.165, 1.54) is 6.20 Å². The van der Waals surface area contributed by atoms with Gasteiger partial charge >= 0.3 is 0 Å². The molecule has 2 aromatic rings. The highest BCUT2D eigenvalue weighted by Crippen LogP contribution is 2.00. The van der Waals surface area contributed by atoms with Crippen LogP contribution in [0.25, 0.3) is 0 Å². The summed E-state index contributed by atoms with van der Waals surface area (Å²) in [5.41, 5.74) is 6.38. The molecule has 0 atom stereocenters. The monoisotopic (exact) mass is 291 g/mol. The van der Waals surface area contributed by atoms with E-state index in [1.54, 1.807) is 19.1 Å². The highest BCUT2D eigenvalue weighted by atomic mass is 32.1. The van der Waals surface area contributed by atoms with Crippen LogP contribution in [0.5, 0.6) is 0 Å². The Hall–Kier alpha value is -2.35. The van der Waals surface area contributed by atoms with Gasteiger partial charge in [0, 0.05) is 31.6 Å². The molecular formula is C12H13N5O2S. The van der Waals surface area contributed by atoms with E-state index in [9.17, 15) is 4.79 Å². The third-order valence-corrected chi connectivity index (χ3v) is 2.72. The molecule has 0 saturated heterocycles. The van der Waals surface area contributed by atoms with Gasteiger partial charge in [-0.25, -0.2) is 0 Å². The van der Waals surface area contributed by atoms with Gasteiger partial charge in [0.05, 0.1) is 0 Å². The number of hydrogen-bond acceptors (Lipinski definition) is 6. The SMILES string of the molecule is Cc1nc(CCNC(=O)c2ccc(C(N)=S)cn2)no1. The molecule has 0 radical (unpaired) electrons. The normalized spacial score (nSPS) is 10.2. The first kappa shape index (κ1) is 14.1. The van der Waals surface area contributed by atoms with Gasteiger partial charge in [-0.3, -0.25) is 9.78 Å². The van der Waals surface area contributed by atoms with Gasteiger partial charge in [0.1, 0.15) is 10.7 Å². The average molecular weight is 291 g/mol. The maximum atomic E-state index is 11.8. The first-order valence-corrected chi connectivity index (χ1v) is 6.30. The first-order valence-electron chi connectivity index (χ1n) is 5.89. The van der Waals surface area contributed by atoms with Crippen molar-refractivity contribution in [1.82, 2.24) is 20.4 Å². The molecule has 0 aliphatic carbocycles. The van der Waals surface area contributed by atoms with Crippen molar-refractivity contribution in [2.45, 2.75) is 13.3 Å². The van der Waals surface area contributed by atoms with Crippen LogP contribution in [-0.2, 0) is 6.42 Å². The predicted molar refractivity (Wildman–Crippen MR) is 75.2 cm³/mol. The molecule has 20 heavy (non-hydrogen) atoms. The highest BCUT2D eigenvalue weighted by molar-refractivity contribution is 7.80. The van der Waals surface area contributed by atoms with Gasteiger partial charge in [0.25, 0.3) is 5.91 Å². The standard InChI is InChI=1S/C12H13N5O2S/c1-7-16-10(17-19-7)4-5-14-12(18)9-3-2-8(6-15-9)11(13)20/h2-3,6H,4-5H2,1H3,(H2,13,20)(H,14,18). The second kappa shape index (κ2) is 6.20. The van der Waals surface area contributed by atoms with Crippen molar-refractivity contribution in [2.24, 2.45) is 5.73 Å². The molecule has 0 bridgehead atoms. The Labute approximate surface area is 120 Å². The van der Waals surface area contributed by atoms with Crippen LogP contribution >= 0.6 is 12.2 Å². The van der Waals surface area contributed by atoms with E-state index in [2.05, 4.69) is 20.4 Å². The fraction of sp³-hybridized carbons (Fsp3) is 0.250. The summed E-state index contributed by atoms with van der Waals surface area (Å²) < 4.78 is 4.83. The van der Waals surface area contributed by atoms with Crippen molar-refractivity contribution in [3.63, 3.8) is 0 Å². The lowest BCUT2D eigenvalue weighted by molar-refractivity contribution is 0.0949. The summed E-state index contributed by atoms with van der Waals surface area (Å²) in [7, 11) is 0. The largest absolute Gasteiger partial charge is 0.389 e. The van der Waals surface area contributed by atoms with Crippen LogP contribution < -0.4 is 11.1 Å². The molecule has 0 unspecified atom stereocenters. The second-order valence-corrected chi connectivity index (χ2v) is 4.47. The summed E-state index contributed by atoms with van der Waals surface area (Å²) in [5, 5.41) is 6.45. The third kappa shape index (κ3) is 3.58. The van der Waals surface area contributed by atoms with E-state index in [4.69, 9.17) is 22.5 Å². The molecular weight excluding hydrogens is 278 g/mol. The van der Waals surface area contributed by atoms with Crippen molar-refractivity contribution < 1.29 is 9.32 Å². The van der Waals surface area contributed by atoms with Crippen LogP contribution in [0.3, 0.4) is 0 Å². The van der Waals surface area contributed by atoms with Crippen molar-refractivity contribution in [1.29, 1.82) is 0 Å². The predicted octanol–water partition coefficient (Wildman–Crippen LogP) is 0.380. The van der Waals surface area contributed by atoms with Gasteiger partial charge in [-0.1, -0.05) is 17.4 Å². The minimum absolute atomic E-state index is 0.247. The number of aryl methyl sites for hydroxylation is 1. The minimum Gasteiger partial charge on any atom is -0.389 e. The smallest absolute Gasteiger partial charge is 0.269 e. The zero-order chi connectivity index (χ0) is 14.5. The molecule has 3 N–H and O–H groups in total. The molecule has 104 valence electrons. The van der Waals surface area contributed by atoms with Crippen LogP contribution in [0.4, 0.5) is 0 Å². The summed E-state index contributed by atoms with van der Waals surface area (Å²) in [6.45, 7) is 2.11. The number of carbonyl (C=O) groups is 1. The molecule has 2 rings (SSSR count). The number of aromatic nitrogens is 3. The topological polar surface area (TPSA) is 107 Å². The van der Waals surface area contributed by atoms with Gasteiger partial charge in [-0.15, -0.1) is 0 Å². The molecule has 0 saturated carbocycles. The molecule has 7 nitrogen and oxygen atoms in total. The summed E-state index contributed by atoms with van der Waals surface area (Å²) >= 11 is 4.81. The zero-order valence-electron chi connectivity index (χ0n) is 10.8. The molecule has 2 aromatic heterocycles. The van der Waals surface area contributed by atoms with E-state index in [1.807, 2.05) is 0 Å². The first-order chi connectivity index (χ1) is 9.56. The third-order valence-electron chi connectivity index (χ3n) is 2.48. The Morgan fingerprint density at radius 3 is 2.85 bits per heavy atom. The van der Waals surface area contributed by atoms with Gasteiger partial charge in [0.2, 0.25) is 5.89 Å². The fourth-order valence-electron chi connectivity index (χ4n) is 1.50. The Kier molecular flexibility index (Phi) is 4.36. The molecule has 2 heterocycles. The van der Waals surface area contributed by atoms with Crippen LogP contribution in [0.2, 0.25) is 0 Å². The number of pyridine rings is 1. The summed E-state index contributed by atoms with van der Waals surface area (Å²) in [4.78, 5) is 20.1. The number of rotatable bonds is 5. The maximum Gasteiger partial charge on any atom is 0.269 e. The number of carbonyl (C=O) groups excluding carboxylic acids is 1. The number of thiocarbonyl (C=S) groups is 1. The van der Waals surface area contributed by atoms with Gasteiger partial charge in [-0.2, -0.15) is 4.98 Å². The lowest BCUT2D eigenvalue weighted by Gasteiger charge is -2.03. The summed E-state index contributed by atoms with van der Waals surface area (Å²) in [5.74, 6) is 0.778. The van der Waals surface area contributed by atoms with E-state index in [0.29, 0.717) is 35.9 Å².